The molecule has 4 heterocycles. The second kappa shape index (κ2) is 53.4. The predicted molar refractivity (Wildman–Crippen MR) is 360 cm³/mol. The number of phenols is 1. The fourth-order valence-electron chi connectivity index (χ4n) is 6.38. The molecule has 0 saturated heterocycles. The van der Waals surface area contributed by atoms with Gasteiger partial charge in [0.2, 0.25) is 23.5 Å². The number of aromatic nitrogens is 4. The normalized spacial score (nSPS) is 9.73. The molecule has 24 heteroatoms. The molecule has 1 amide bonds. The molecule has 8 rings (SSSR count). The maximum atomic E-state index is 11.0. The first-order chi connectivity index (χ1) is 42.2. The first-order valence-corrected chi connectivity index (χ1v) is 31.0. The van der Waals surface area contributed by atoms with Gasteiger partial charge in [-0.1, -0.05) is 65.8 Å². The second-order valence-corrected chi connectivity index (χ2v) is 23.4. The predicted octanol–water partition coefficient (Wildman–Crippen LogP) is 9.55. The Morgan fingerprint density at radius 2 is 0.889 bits per heavy atom. The molecule has 0 atom stereocenters. The summed E-state index contributed by atoms with van der Waals surface area (Å²) in [6.45, 7) is 19.2. The van der Waals surface area contributed by atoms with Crippen LogP contribution in [-0.2, 0) is 27.6 Å². The number of nitrogens with one attached hydrogen (secondary N) is 3. The number of benzene rings is 4. The van der Waals surface area contributed by atoms with Crippen LogP contribution in [0, 0.1) is 17.8 Å². The van der Waals surface area contributed by atoms with E-state index in [1.165, 1.54) is 43.0 Å². The quantitative estimate of drug-likeness (QED) is 0.0106. The summed E-state index contributed by atoms with van der Waals surface area (Å²) in [6.07, 6.45) is 11.8. The van der Waals surface area contributed by atoms with Gasteiger partial charge in [-0.25, -0.2) is 19.9 Å². The molecule has 18 nitrogen and oxygen atoms in total. The summed E-state index contributed by atoms with van der Waals surface area (Å²) in [5.74, 6) is 6.09. The van der Waals surface area contributed by atoms with E-state index in [9.17, 15) is 14.4 Å². The van der Waals surface area contributed by atoms with Crippen LogP contribution in [0.4, 0.5) is 5.69 Å². The van der Waals surface area contributed by atoms with Crippen LogP contribution >= 0.6 is 63.7 Å². The molecule has 6 N–H and O–H groups in total. The van der Waals surface area contributed by atoms with Gasteiger partial charge in [0.05, 0.1) is 11.9 Å². The zero-order chi connectivity index (χ0) is 64.9. The minimum Gasteiger partial charge on any atom is -1.00 e. The van der Waals surface area contributed by atoms with E-state index in [0.29, 0.717) is 40.2 Å². The fourth-order valence-corrected chi connectivity index (χ4v) is 7.32. The third-order valence-electron chi connectivity index (χ3n) is 10.9. The van der Waals surface area contributed by atoms with E-state index in [1.54, 1.807) is 79.4 Å². The Morgan fingerprint density at radius 1 is 0.533 bits per heavy atom. The molecule has 4 aromatic carbocycles. The van der Waals surface area contributed by atoms with Crippen molar-refractivity contribution in [2.45, 2.75) is 80.8 Å². The van der Waals surface area contributed by atoms with Gasteiger partial charge < -0.3 is 52.6 Å². The summed E-state index contributed by atoms with van der Waals surface area (Å²) < 4.78 is 20.6. The van der Waals surface area contributed by atoms with E-state index >= 15 is 0 Å². The first-order valence-electron chi connectivity index (χ1n) is 27.8. The zero-order valence-corrected chi connectivity index (χ0v) is 64.9. The van der Waals surface area contributed by atoms with Gasteiger partial charge in [0.15, 0.2) is 0 Å². The Morgan fingerprint density at radius 3 is 1.17 bits per heavy atom. The molecule has 0 aliphatic rings. The third-order valence-corrected chi connectivity index (χ3v) is 12.8. The number of phenolic OH excluding ortho intramolecular Hbond substituents is 1. The second-order valence-electron chi connectivity index (χ2n) is 19.9. The molecule has 0 unspecified atom stereocenters. The van der Waals surface area contributed by atoms with Crippen LogP contribution in [0.3, 0.4) is 0 Å². The van der Waals surface area contributed by atoms with Gasteiger partial charge in [0.25, 0.3) is 6.47 Å². The molecule has 4 aromatic heterocycles. The van der Waals surface area contributed by atoms with Gasteiger partial charge in [-0.05, 0) is 235 Å². The molecule has 0 fully saturated rings. The van der Waals surface area contributed by atoms with Crippen molar-refractivity contribution in [2.75, 3.05) is 25.0 Å². The molecule has 0 aliphatic heterocycles. The molecule has 0 radical (unpaired) electrons. The minimum atomic E-state index is -0.181. The van der Waals surface area contributed by atoms with Crippen molar-refractivity contribution in [3.8, 4) is 40.6 Å². The standard InChI is InChI=1S/C19H25N3O2.C17H21BrN2O.C12H8BrNO2.C7H6O2.C5H3Br2N.C5H13N.CH2O3.2K.H/c1-14(2)10-11-20-12-16-4-7-18(8-5-16)24-19-9-6-17(13-21-19)22-15(3)23;1-13(2)9-10-19-11-14-3-6-16(7-4-14)21-17-8-5-15(18)12-20-17;13-10-3-6-12(14-7-10)16-11-4-1-9(8-15)2-5-11;8-5-6-1-3-7(9)4-2-6;6-4-1-2-5(7)8-3-4;1-5(2)3-4-6;2-1-4-3;;;/h4-9,13-14,20H,10-12H2,1-3H3,(H,22,23);3-8,12-13,19H,9-11H2,1-2H3;1-8H;1-5,9H;1-3H;5H,3-4,6H2,1-2H3;1,3H;;;/q;;;;;;;2*+1;-1/p-1. The molecular weight excluding hydrogens is 1460 g/mol. The molecular formula is C66H78Br4K2N8O10. The Bertz CT molecular complexity index is 3120. The van der Waals surface area contributed by atoms with Crippen molar-refractivity contribution in [1.82, 2.24) is 30.6 Å². The van der Waals surface area contributed by atoms with Crippen molar-refractivity contribution in [1.29, 1.82) is 0 Å². The molecule has 8 aromatic rings. The number of nitrogens with two attached hydrogens (primary N) is 1. The van der Waals surface area contributed by atoms with Crippen LogP contribution in [-0.4, -0.2) is 69.6 Å². The summed E-state index contributed by atoms with van der Waals surface area (Å²) >= 11 is 13.1. The first kappa shape index (κ1) is 86.0. The minimum absolute atomic E-state index is 0. The topological polar surface area (TPSA) is 262 Å². The third kappa shape index (κ3) is 44.5. The van der Waals surface area contributed by atoms with E-state index in [0.717, 1.165) is 99.0 Å². The van der Waals surface area contributed by atoms with Crippen molar-refractivity contribution >= 4 is 94.4 Å². The Labute approximate surface area is 649 Å². The number of amides is 1. The van der Waals surface area contributed by atoms with E-state index in [2.05, 4.69) is 158 Å². The summed E-state index contributed by atoms with van der Waals surface area (Å²) in [4.78, 5) is 59.1. The van der Waals surface area contributed by atoms with Crippen molar-refractivity contribution in [2.24, 2.45) is 23.5 Å². The molecule has 0 bridgehead atoms. The van der Waals surface area contributed by atoms with Gasteiger partial charge >= 0.3 is 103 Å². The number of rotatable bonds is 22. The van der Waals surface area contributed by atoms with Crippen molar-refractivity contribution in [3.05, 3.63) is 211 Å². The number of pyridine rings is 4. The van der Waals surface area contributed by atoms with Crippen LogP contribution in [0.15, 0.2) is 188 Å². The molecule has 0 saturated carbocycles. The number of carbonyl (C=O) groups is 4. The summed E-state index contributed by atoms with van der Waals surface area (Å²) in [5, 5.41) is 26.7. The molecule has 0 spiro atoms. The Hall–Kier alpha value is -4.01. The van der Waals surface area contributed by atoms with Crippen LogP contribution in [0.2, 0.25) is 0 Å². The van der Waals surface area contributed by atoms with Crippen molar-refractivity contribution < 1.29 is 153 Å². The monoisotopic (exact) mass is 1540 g/mol. The van der Waals surface area contributed by atoms with E-state index in [1.807, 2.05) is 66.7 Å². The average Bonchev–Trinajstić information content (AvgIpc) is 3.56. The van der Waals surface area contributed by atoms with Gasteiger partial charge in [0, 0.05) is 81.3 Å². The number of nitrogens with zero attached hydrogens (tertiary/aromatic N) is 4. The van der Waals surface area contributed by atoms with Gasteiger partial charge in [-0.3, -0.25) is 19.2 Å². The van der Waals surface area contributed by atoms with Crippen LogP contribution in [0.5, 0.6) is 40.6 Å². The number of anilines is 1. The van der Waals surface area contributed by atoms with Crippen LogP contribution in [0.1, 0.15) is 101 Å². The summed E-state index contributed by atoms with van der Waals surface area (Å²) in [5.41, 5.74) is 9.56. The summed E-state index contributed by atoms with van der Waals surface area (Å²) in [6, 6.07) is 43.6. The van der Waals surface area contributed by atoms with Gasteiger partial charge in [-0.15, -0.1) is 0 Å². The number of carbonyl (C=O) groups excluding carboxylic acids is 4. The number of hydrogen-bond acceptors (Lipinski definition) is 17. The zero-order valence-electron chi connectivity index (χ0n) is 53.3. The number of aromatic hydroxyl groups is 1. The van der Waals surface area contributed by atoms with Crippen LogP contribution in [0.25, 0.3) is 0 Å². The van der Waals surface area contributed by atoms with E-state index < -0.39 is 0 Å². The van der Waals surface area contributed by atoms with Crippen LogP contribution < -0.4 is 144 Å². The molecule has 90 heavy (non-hydrogen) atoms. The smallest absolute Gasteiger partial charge is 1.00 e. The number of ether oxygens (including phenoxy) is 3. The maximum absolute atomic E-state index is 11.0. The maximum Gasteiger partial charge on any atom is 1.00 e. The fraction of sp³-hybridized carbons (Fsp3) is 0.273. The summed E-state index contributed by atoms with van der Waals surface area (Å²) in [7, 11) is 0. The van der Waals surface area contributed by atoms with E-state index in [4.69, 9.17) is 35.1 Å². The average molecular weight is 1540 g/mol. The van der Waals surface area contributed by atoms with Crippen molar-refractivity contribution in [3.63, 3.8) is 0 Å². The molecule has 0 aliphatic carbocycles. The van der Waals surface area contributed by atoms with Gasteiger partial charge in [0.1, 0.15) is 40.2 Å². The largest absolute Gasteiger partial charge is 1.00 e. The number of halogens is 4. The number of hydrogen-bond donors (Lipinski definition) is 5. The molecule has 472 valence electrons. The number of aldehydes is 2. The Kier molecular flexibility index (Phi) is 51.0. The van der Waals surface area contributed by atoms with E-state index in [-0.39, 0.29) is 122 Å². The van der Waals surface area contributed by atoms with Gasteiger partial charge in [-0.2, -0.15) is 0 Å². The Balaban J connectivity index is 0. The SMILES string of the molecule is Brc1ccc(Br)nc1.CC(=O)Nc1ccc(Oc2ccc(CNCCC(C)C)cc2)nc1.CC(C)CCN.CC(C)CCNCc1ccc(Oc2ccc(Br)cn2)cc1.O=CO[O-].O=Cc1ccc(O)cc1.O=Cc1ccc(Oc2ccc(Br)cn2)cc1.[H-].[K+].[K+].